The van der Waals surface area contributed by atoms with Crippen molar-refractivity contribution in [3.05, 3.63) is 71.3 Å². The van der Waals surface area contributed by atoms with Crippen molar-refractivity contribution in [2.75, 3.05) is 18.4 Å². The van der Waals surface area contributed by atoms with Crippen molar-refractivity contribution in [2.45, 2.75) is 40.3 Å². The number of nitrogens with zero attached hydrogens (tertiary/aromatic N) is 3. The van der Waals surface area contributed by atoms with Gasteiger partial charge in [0.15, 0.2) is 0 Å². The summed E-state index contributed by atoms with van der Waals surface area (Å²) in [6.45, 7) is 5.35. The second-order valence-electron chi connectivity index (χ2n) is 9.35. The van der Waals surface area contributed by atoms with Crippen molar-refractivity contribution >= 4 is 11.6 Å². The van der Waals surface area contributed by atoms with E-state index >= 15 is 0 Å². The molecule has 0 radical (unpaired) electrons. The molecular formula is C26H29F3N4O2. The summed E-state index contributed by atoms with van der Waals surface area (Å²) in [6.07, 6.45) is 2.65. The van der Waals surface area contributed by atoms with Crippen LogP contribution >= 0.6 is 0 Å². The fourth-order valence-corrected chi connectivity index (χ4v) is 4.76. The minimum Gasteiger partial charge on any atom is -0.434 e. The summed E-state index contributed by atoms with van der Waals surface area (Å²) in [5.41, 5.74) is 2.17. The number of carbonyl (C=O) groups excluding carboxylic acids is 1. The number of aromatic nitrogens is 2. The van der Waals surface area contributed by atoms with Gasteiger partial charge in [-0.15, -0.1) is 0 Å². The topological polar surface area (TPSA) is 59.4 Å². The first-order chi connectivity index (χ1) is 16.7. The molecule has 1 aromatic heterocycles. The molecule has 1 aliphatic heterocycles. The van der Waals surface area contributed by atoms with Gasteiger partial charge in [0, 0.05) is 43.1 Å². The van der Waals surface area contributed by atoms with Crippen LogP contribution in [0.1, 0.15) is 41.9 Å². The number of hydrogen-bond donors (Lipinski definition) is 1. The minimum atomic E-state index is -2.98. The molecule has 186 valence electrons. The lowest BCUT2D eigenvalue weighted by Gasteiger charge is -2.35. The van der Waals surface area contributed by atoms with Gasteiger partial charge in [0.05, 0.1) is 16.9 Å². The van der Waals surface area contributed by atoms with Crippen LogP contribution in [-0.2, 0) is 6.54 Å². The molecule has 0 saturated carbocycles. The number of amides is 1. The number of ether oxygens (including phenoxy) is 1. The zero-order chi connectivity index (χ0) is 25.1. The zero-order valence-electron chi connectivity index (χ0n) is 20.0. The molecule has 9 heteroatoms. The summed E-state index contributed by atoms with van der Waals surface area (Å²) >= 11 is 0. The number of halogens is 3. The van der Waals surface area contributed by atoms with Crippen LogP contribution in [-0.4, -0.2) is 40.3 Å². The van der Waals surface area contributed by atoms with Gasteiger partial charge in [-0.1, -0.05) is 26.0 Å². The molecule has 1 N–H and O–H groups in total. The summed E-state index contributed by atoms with van der Waals surface area (Å²) in [4.78, 5) is 15.2. The van der Waals surface area contributed by atoms with Crippen LogP contribution < -0.4 is 10.1 Å². The van der Waals surface area contributed by atoms with Gasteiger partial charge in [-0.2, -0.15) is 13.9 Å². The van der Waals surface area contributed by atoms with E-state index in [0.717, 1.165) is 19.5 Å². The van der Waals surface area contributed by atoms with Crippen molar-refractivity contribution in [2.24, 2.45) is 11.8 Å². The third-order valence-corrected chi connectivity index (χ3v) is 6.10. The highest BCUT2D eigenvalue weighted by atomic mass is 19.3. The molecule has 1 amide bonds. The summed E-state index contributed by atoms with van der Waals surface area (Å²) in [6, 6.07) is 10.7. The third-order valence-electron chi connectivity index (χ3n) is 6.10. The molecule has 2 atom stereocenters. The van der Waals surface area contributed by atoms with E-state index < -0.39 is 18.3 Å². The van der Waals surface area contributed by atoms with E-state index in [1.165, 1.54) is 29.1 Å². The molecule has 3 aromatic rings. The first-order valence-electron chi connectivity index (χ1n) is 11.6. The second kappa shape index (κ2) is 10.5. The van der Waals surface area contributed by atoms with Crippen LogP contribution in [0.3, 0.4) is 0 Å². The van der Waals surface area contributed by atoms with Crippen LogP contribution in [0.25, 0.3) is 5.69 Å². The number of benzene rings is 2. The Bertz CT molecular complexity index is 1190. The molecule has 35 heavy (non-hydrogen) atoms. The van der Waals surface area contributed by atoms with E-state index in [9.17, 15) is 18.0 Å². The van der Waals surface area contributed by atoms with Crippen LogP contribution in [0.2, 0.25) is 0 Å². The van der Waals surface area contributed by atoms with Gasteiger partial charge in [0.1, 0.15) is 11.6 Å². The molecule has 1 fully saturated rings. The van der Waals surface area contributed by atoms with Gasteiger partial charge in [0.2, 0.25) is 0 Å². The van der Waals surface area contributed by atoms with Crippen LogP contribution in [0, 0.1) is 24.6 Å². The quantitative estimate of drug-likeness (QED) is 0.469. The van der Waals surface area contributed by atoms with E-state index in [2.05, 4.69) is 29.2 Å². The fourth-order valence-electron chi connectivity index (χ4n) is 4.76. The van der Waals surface area contributed by atoms with Crippen molar-refractivity contribution in [3.63, 3.8) is 0 Å². The van der Waals surface area contributed by atoms with Gasteiger partial charge in [-0.25, -0.2) is 9.07 Å². The van der Waals surface area contributed by atoms with Crippen molar-refractivity contribution in [3.8, 4) is 11.4 Å². The number of aryl methyl sites for hydroxylation is 1. The Kier molecular flexibility index (Phi) is 7.45. The molecule has 4 rings (SSSR count). The number of piperidine rings is 1. The highest BCUT2D eigenvalue weighted by Crippen LogP contribution is 2.29. The molecule has 2 aromatic carbocycles. The number of nitrogens with one attached hydrogen (secondary N) is 1. The van der Waals surface area contributed by atoms with Crippen LogP contribution in [0.5, 0.6) is 5.75 Å². The van der Waals surface area contributed by atoms with Gasteiger partial charge < -0.3 is 10.1 Å². The van der Waals surface area contributed by atoms with Crippen molar-refractivity contribution in [1.29, 1.82) is 0 Å². The Morgan fingerprint density at radius 2 is 1.91 bits per heavy atom. The number of carbonyl (C=O) groups is 1. The van der Waals surface area contributed by atoms with Gasteiger partial charge in [-0.3, -0.25) is 9.69 Å². The average Bonchev–Trinajstić information content (AvgIpc) is 3.16. The summed E-state index contributed by atoms with van der Waals surface area (Å²) < 4.78 is 46.1. The molecule has 0 aliphatic carbocycles. The molecule has 6 nitrogen and oxygen atoms in total. The number of hydrogen-bond acceptors (Lipinski definition) is 4. The van der Waals surface area contributed by atoms with Crippen molar-refractivity contribution in [1.82, 2.24) is 14.7 Å². The van der Waals surface area contributed by atoms with Gasteiger partial charge in [-0.05, 0) is 49.4 Å². The molecule has 0 bridgehead atoms. The van der Waals surface area contributed by atoms with Gasteiger partial charge >= 0.3 is 6.61 Å². The highest BCUT2D eigenvalue weighted by molar-refractivity contribution is 6.05. The monoisotopic (exact) mass is 486 g/mol. The minimum absolute atomic E-state index is 0.0378. The Balaban J connectivity index is 1.52. The first kappa shape index (κ1) is 24.8. The number of anilines is 1. The highest BCUT2D eigenvalue weighted by Gasteiger charge is 2.23. The Morgan fingerprint density at radius 3 is 2.60 bits per heavy atom. The number of rotatable bonds is 7. The largest absolute Gasteiger partial charge is 0.434 e. The van der Waals surface area contributed by atoms with Crippen LogP contribution in [0.4, 0.5) is 18.9 Å². The van der Waals surface area contributed by atoms with E-state index in [1.807, 2.05) is 0 Å². The van der Waals surface area contributed by atoms with E-state index in [4.69, 9.17) is 4.74 Å². The Morgan fingerprint density at radius 1 is 1.17 bits per heavy atom. The maximum atomic E-state index is 13.6. The molecular weight excluding hydrogens is 457 g/mol. The normalized spacial score (nSPS) is 18.6. The molecule has 2 heterocycles. The summed E-state index contributed by atoms with van der Waals surface area (Å²) in [5, 5.41) is 7.02. The fraction of sp³-hybridized carbons (Fsp3) is 0.385. The maximum absolute atomic E-state index is 13.6. The lowest BCUT2D eigenvalue weighted by Crippen LogP contribution is -2.38. The third kappa shape index (κ3) is 6.22. The van der Waals surface area contributed by atoms with Gasteiger partial charge in [0.25, 0.3) is 5.91 Å². The number of likely N-dealkylation sites (tertiary alicyclic amines) is 1. The summed E-state index contributed by atoms with van der Waals surface area (Å²) in [7, 11) is 0. The lowest BCUT2D eigenvalue weighted by atomic mass is 9.91. The van der Waals surface area contributed by atoms with E-state index in [0.29, 0.717) is 41.0 Å². The van der Waals surface area contributed by atoms with E-state index in [1.54, 1.807) is 31.2 Å². The molecule has 1 saturated heterocycles. The maximum Gasteiger partial charge on any atom is 0.387 e. The number of alkyl halides is 2. The Hall–Kier alpha value is -3.33. The molecule has 2 unspecified atom stereocenters. The average molecular weight is 487 g/mol. The van der Waals surface area contributed by atoms with Crippen molar-refractivity contribution < 1.29 is 22.7 Å². The zero-order valence-corrected chi connectivity index (χ0v) is 20.0. The predicted molar refractivity (Wildman–Crippen MR) is 128 cm³/mol. The molecule has 0 spiro atoms. The second-order valence-corrected chi connectivity index (χ2v) is 9.35. The lowest BCUT2D eigenvalue weighted by molar-refractivity contribution is -0.0508. The molecule has 1 aliphatic rings. The standard InChI is InChI=1S/C26H29F3N4O2/c1-16-9-17(2)13-32(12-16)14-19-7-8-21(11-24(19)35-26(28)29)30-25(34)23-15-33(31-18(23)3)22-6-4-5-20(27)10-22/h4-8,10-11,15-17,26H,9,12-14H2,1-3H3,(H,30,34). The Labute approximate surface area is 202 Å². The van der Waals surface area contributed by atoms with Crippen LogP contribution in [0.15, 0.2) is 48.7 Å². The van der Waals surface area contributed by atoms with E-state index in [-0.39, 0.29) is 11.3 Å². The smallest absolute Gasteiger partial charge is 0.387 e. The predicted octanol–water partition coefficient (Wildman–Crippen LogP) is 5.65. The SMILES string of the molecule is Cc1nn(-c2cccc(F)c2)cc1C(=O)Nc1ccc(CN2CC(C)CC(C)C2)c(OC(F)F)c1. The summed E-state index contributed by atoms with van der Waals surface area (Å²) in [5.74, 6) is 0.235. The first-order valence-corrected chi connectivity index (χ1v) is 11.6.